The fourth-order valence-corrected chi connectivity index (χ4v) is 4.33. The van der Waals surface area contributed by atoms with Crippen molar-refractivity contribution in [2.24, 2.45) is 5.92 Å². The molecule has 0 radical (unpaired) electrons. The summed E-state index contributed by atoms with van der Waals surface area (Å²) in [6, 6.07) is 0.762. The first kappa shape index (κ1) is 15.3. The van der Waals surface area contributed by atoms with Crippen LogP contribution < -0.4 is 5.32 Å². The zero-order chi connectivity index (χ0) is 13.7. The highest BCUT2D eigenvalue weighted by Crippen LogP contribution is 2.33. The smallest absolute Gasteiger partial charge is 0.0329 e. The topological polar surface area (TPSA) is 15.3 Å². The Kier molecular flexibility index (Phi) is 5.70. The molecule has 2 nitrogen and oxygen atoms in total. The first-order valence-electron chi connectivity index (χ1n) is 8.74. The van der Waals surface area contributed by atoms with Gasteiger partial charge in [0.25, 0.3) is 0 Å². The molecular formula is C17H34N2. The van der Waals surface area contributed by atoms with E-state index in [-0.39, 0.29) is 0 Å². The van der Waals surface area contributed by atoms with Crippen LogP contribution in [0.2, 0.25) is 0 Å². The summed E-state index contributed by atoms with van der Waals surface area (Å²) in [6.07, 6.45) is 11.2. The van der Waals surface area contributed by atoms with Crippen molar-refractivity contribution in [1.82, 2.24) is 10.2 Å². The maximum absolute atomic E-state index is 3.93. The highest BCUT2D eigenvalue weighted by Gasteiger charge is 2.40. The first-order chi connectivity index (χ1) is 9.25. The number of hydrogen-bond donors (Lipinski definition) is 1. The van der Waals surface area contributed by atoms with E-state index in [1.807, 2.05) is 0 Å². The van der Waals surface area contributed by atoms with Crippen molar-refractivity contribution in [3.63, 3.8) is 0 Å². The second-order valence-electron chi connectivity index (χ2n) is 6.76. The van der Waals surface area contributed by atoms with Crippen LogP contribution in [0.4, 0.5) is 0 Å². The van der Waals surface area contributed by atoms with Gasteiger partial charge in [0.15, 0.2) is 0 Å². The number of rotatable bonds is 5. The van der Waals surface area contributed by atoms with Crippen LogP contribution in [0.25, 0.3) is 0 Å². The molecule has 1 atom stereocenters. The Hall–Kier alpha value is -0.0800. The van der Waals surface area contributed by atoms with Gasteiger partial charge in [0.2, 0.25) is 0 Å². The molecular weight excluding hydrogens is 232 g/mol. The lowest BCUT2D eigenvalue weighted by molar-refractivity contribution is 0.0147. The Morgan fingerprint density at radius 3 is 2.32 bits per heavy atom. The van der Waals surface area contributed by atoms with Crippen molar-refractivity contribution in [3.05, 3.63) is 0 Å². The Labute approximate surface area is 120 Å². The average Bonchev–Trinajstić information content (AvgIpc) is 2.49. The van der Waals surface area contributed by atoms with E-state index in [0.29, 0.717) is 5.54 Å². The van der Waals surface area contributed by atoms with Crippen molar-refractivity contribution in [1.29, 1.82) is 0 Å². The Balaban J connectivity index is 2.00. The molecule has 0 spiro atoms. The lowest BCUT2D eigenvalue weighted by Gasteiger charge is -2.51. The second-order valence-corrected chi connectivity index (χ2v) is 6.76. The summed E-state index contributed by atoms with van der Waals surface area (Å²) in [6.45, 7) is 10.9. The number of nitrogens with one attached hydrogen (secondary N) is 1. The normalized spacial score (nSPS) is 29.5. The predicted octanol–water partition coefficient (Wildman–Crippen LogP) is 3.81. The molecule has 112 valence electrons. The largest absolute Gasteiger partial charge is 0.311 e. The third kappa shape index (κ3) is 3.33. The summed E-state index contributed by atoms with van der Waals surface area (Å²) < 4.78 is 0. The minimum absolute atomic E-state index is 0.432. The predicted molar refractivity (Wildman–Crippen MR) is 83.5 cm³/mol. The van der Waals surface area contributed by atoms with Crippen LogP contribution >= 0.6 is 0 Å². The molecule has 2 heteroatoms. The summed E-state index contributed by atoms with van der Waals surface area (Å²) in [5, 5.41) is 3.93. The molecule has 1 N–H and O–H groups in total. The monoisotopic (exact) mass is 266 g/mol. The number of piperazine rings is 1. The average molecular weight is 266 g/mol. The summed E-state index contributed by atoms with van der Waals surface area (Å²) in [5.41, 5.74) is 0.432. The molecule has 1 aliphatic heterocycles. The van der Waals surface area contributed by atoms with Gasteiger partial charge >= 0.3 is 0 Å². The summed E-state index contributed by atoms with van der Waals surface area (Å²) in [4.78, 5) is 2.82. The van der Waals surface area contributed by atoms with E-state index >= 15 is 0 Å². The standard InChI is InChI=1S/C17H34N2/c1-4-12-19-13-16(15-10-8-7-9-11-15)18-14-17(19,5-2)6-3/h15-16,18H,4-14H2,1-3H3. The molecule has 0 aromatic carbocycles. The zero-order valence-corrected chi connectivity index (χ0v) is 13.4. The van der Waals surface area contributed by atoms with Gasteiger partial charge in [-0.25, -0.2) is 0 Å². The van der Waals surface area contributed by atoms with Gasteiger partial charge in [-0.1, -0.05) is 40.0 Å². The summed E-state index contributed by atoms with van der Waals surface area (Å²) >= 11 is 0. The Morgan fingerprint density at radius 1 is 1.05 bits per heavy atom. The van der Waals surface area contributed by atoms with E-state index in [0.717, 1.165) is 12.0 Å². The maximum Gasteiger partial charge on any atom is 0.0329 e. The van der Waals surface area contributed by atoms with Crippen LogP contribution in [0.1, 0.15) is 72.1 Å². The molecule has 1 aliphatic carbocycles. The molecule has 1 unspecified atom stereocenters. The third-order valence-corrected chi connectivity index (χ3v) is 5.81. The van der Waals surface area contributed by atoms with Crippen molar-refractivity contribution in [3.8, 4) is 0 Å². The van der Waals surface area contributed by atoms with E-state index in [1.54, 1.807) is 0 Å². The highest BCUT2D eigenvalue weighted by molar-refractivity contribution is 4.99. The van der Waals surface area contributed by atoms with Crippen molar-refractivity contribution < 1.29 is 0 Å². The summed E-state index contributed by atoms with van der Waals surface area (Å²) in [5.74, 6) is 0.944. The van der Waals surface area contributed by atoms with E-state index in [1.165, 1.54) is 71.0 Å². The minimum Gasteiger partial charge on any atom is -0.311 e. The fraction of sp³-hybridized carbons (Fsp3) is 1.00. The summed E-state index contributed by atoms with van der Waals surface area (Å²) in [7, 11) is 0. The first-order valence-corrected chi connectivity index (χ1v) is 8.74. The Morgan fingerprint density at radius 2 is 1.74 bits per heavy atom. The van der Waals surface area contributed by atoms with Crippen LogP contribution in [0.5, 0.6) is 0 Å². The van der Waals surface area contributed by atoms with E-state index in [4.69, 9.17) is 0 Å². The second kappa shape index (κ2) is 7.08. The van der Waals surface area contributed by atoms with E-state index < -0.39 is 0 Å². The molecule has 0 bridgehead atoms. The van der Waals surface area contributed by atoms with Crippen molar-refractivity contribution in [2.45, 2.75) is 83.7 Å². The molecule has 0 amide bonds. The van der Waals surface area contributed by atoms with Crippen molar-refractivity contribution in [2.75, 3.05) is 19.6 Å². The van der Waals surface area contributed by atoms with Gasteiger partial charge in [-0.3, -0.25) is 4.90 Å². The molecule has 2 aliphatic rings. The zero-order valence-electron chi connectivity index (χ0n) is 13.4. The van der Waals surface area contributed by atoms with Crippen LogP contribution in [-0.4, -0.2) is 36.1 Å². The molecule has 0 aromatic rings. The van der Waals surface area contributed by atoms with Crippen molar-refractivity contribution >= 4 is 0 Å². The van der Waals surface area contributed by atoms with Gasteiger partial charge in [-0.2, -0.15) is 0 Å². The highest BCUT2D eigenvalue weighted by atomic mass is 15.3. The van der Waals surface area contributed by atoms with Gasteiger partial charge in [-0.15, -0.1) is 0 Å². The van der Waals surface area contributed by atoms with Gasteiger partial charge in [-0.05, 0) is 44.6 Å². The quantitative estimate of drug-likeness (QED) is 0.814. The van der Waals surface area contributed by atoms with Gasteiger partial charge < -0.3 is 5.32 Å². The lowest BCUT2D eigenvalue weighted by Crippen LogP contribution is -2.65. The molecule has 1 saturated heterocycles. The molecule has 1 heterocycles. The number of hydrogen-bond acceptors (Lipinski definition) is 2. The van der Waals surface area contributed by atoms with Crippen LogP contribution in [0, 0.1) is 5.92 Å². The van der Waals surface area contributed by atoms with Crippen LogP contribution in [0.3, 0.4) is 0 Å². The molecule has 19 heavy (non-hydrogen) atoms. The van der Waals surface area contributed by atoms with Gasteiger partial charge in [0, 0.05) is 24.7 Å². The fourth-order valence-electron chi connectivity index (χ4n) is 4.33. The lowest BCUT2D eigenvalue weighted by atomic mass is 9.79. The molecule has 1 saturated carbocycles. The molecule has 0 aromatic heterocycles. The van der Waals surface area contributed by atoms with E-state index in [9.17, 15) is 0 Å². The van der Waals surface area contributed by atoms with Gasteiger partial charge in [0.1, 0.15) is 0 Å². The van der Waals surface area contributed by atoms with Gasteiger partial charge in [0.05, 0.1) is 0 Å². The minimum atomic E-state index is 0.432. The Bertz CT molecular complexity index is 254. The molecule has 2 rings (SSSR count). The third-order valence-electron chi connectivity index (χ3n) is 5.81. The van der Waals surface area contributed by atoms with Crippen LogP contribution in [0.15, 0.2) is 0 Å². The van der Waals surface area contributed by atoms with E-state index in [2.05, 4.69) is 31.0 Å². The SMILES string of the molecule is CCCN1CC(C2CCCCC2)NCC1(CC)CC. The van der Waals surface area contributed by atoms with Crippen LogP contribution in [-0.2, 0) is 0 Å². The molecule has 2 fully saturated rings. The number of nitrogens with zero attached hydrogens (tertiary/aromatic N) is 1. The maximum atomic E-state index is 3.93.